The van der Waals surface area contributed by atoms with Crippen molar-refractivity contribution in [3.8, 4) is 0 Å². The fourth-order valence-corrected chi connectivity index (χ4v) is 2.38. The molecular formula is C14H19NO6. The molecule has 1 aromatic rings. The van der Waals surface area contributed by atoms with Gasteiger partial charge in [0.25, 0.3) is 5.91 Å². The van der Waals surface area contributed by atoms with Crippen LogP contribution >= 0.6 is 0 Å². The third-order valence-corrected chi connectivity index (χ3v) is 3.60. The van der Waals surface area contributed by atoms with Crippen molar-refractivity contribution in [1.82, 2.24) is 5.32 Å². The Kier molecular flexibility index (Phi) is 4.92. The number of hydrogen-bond donors (Lipinski definition) is 5. The van der Waals surface area contributed by atoms with Gasteiger partial charge in [0, 0.05) is 12.6 Å². The molecule has 21 heavy (non-hydrogen) atoms. The van der Waals surface area contributed by atoms with E-state index in [0.717, 1.165) is 0 Å². The highest BCUT2D eigenvalue weighted by Gasteiger charge is 2.43. The van der Waals surface area contributed by atoms with Crippen LogP contribution in [0.25, 0.3) is 0 Å². The minimum atomic E-state index is -1.44. The van der Waals surface area contributed by atoms with Crippen LogP contribution in [-0.4, -0.2) is 64.4 Å². The number of aliphatic hydroxyl groups excluding tert-OH is 4. The summed E-state index contributed by atoms with van der Waals surface area (Å²) in [5.74, 6) is -0.290. The van der Waals surface area contributed by atoms with E-state index in [4.69, 9.17) is 9.84 Å². The van der Waals surface area contributed by atoms with Crippen LogP contribution < -0.4 is 5.32 Å². The smallest absolute Gasteiger partial charge is 0.251 e. The standard InChI is InChI=1S/C14H19NO6/c1-15-14(20)8-4-2-3-7(5-8)13-12(19)11(18)10(17)9(6-16)21-13/h2-5,9-13,16-19H,6H2,1H3,(H,15,20)/t9-,10-,11+,12+,13-/m1/s1. The van der Waals surface area contributed by atoms with E-state index >= 15 is 0 Å². The second kappa shape index (κ2) is 6.50. The number of ether oxygens (including phenoxy) is 1. The lowest BCUT2D eigenvalue weighted by Gasteiger charge is -2.40. The summed E-state index contributed by atoms with van der Waals surface area (Å²) in [5.41, 5.74) is 0.861. The molecule has 2 rings (SSSR count). The van der Waals surface area contributed by atoms with Gasteiger partial charge in [0.2, 0.25) is 0 Å². The monoisotopic (exact) mass is 297 g/mol. The van der Waals surface area contributed by atoms with Crippen LogP contribution in [0.4, 0.5) is 0 Å². The van der Waals surface area contributed by atoms with Crippen LogP contribution in [0, 0.1) is 0 Å². The quantitative estimate of drug-likeness (QED) is 0.466. The Morgan fingerprint density at radius 1 is 1.24 bits per heavy atom. The molecule has 116 valence electrons. The first-order valence-corrected chi connectivity index (χ1v) is 6.62. The summed E-state index contributed by atoms with van der Waals surface area (Å²) < 4.78 is 5.44. The molecule has 5 atom stereocenters. The molecule has 0 spiro atoms. The largest absolute Gasteiger partial charge is 0.394 e. The van der Waals surface area contributed by atoms with E-state index in [9.17, 15) is 20.1 Å². The minimum absolute atomic E-state index is 0.290. The van der Waals surface area contributed by atoms with Crippen LogP contribution in [0.5, 0.6) is 0 Å². The molecule has 1 saturated heterocycles. The first kappa shape index (κ1) is 15.9. The molecule has 0 aromatic heterocycles. The fourth-order valence-electron chi connectivity index (χ4n) is 2.38. The normalized spacial score (nSPS) is 32.7. The SMILES string of the molecule is CNC(=O)c1cccc([C@H]2O[C@H](CO)[C@@H](O)[C@H](O)[C@@H]2O)c1. The van der Waals surface area contributed by atoms with Gasteiger partial charge in [-0.3, -0.25) is 4.79 Å². The van der Waals surface area contributed by atoms with Crippen molar-refractivity contribution >= 4 is 5.91 Å². The van der Waals surface area contributed by atoms with Gasteiger partial charge in [-0.05, 0) is 17.7 Å². The maximum Gasteiger partial charge on any atom is 0.251 e. The summed E-state index contributed by atoms with van der Waals surface area (Å²) in [6.45, 7) is -0.490. The number of amides is 1. The number of carbonyl (C=O) groups is 1. The van der Waals surface area contributed by atoms with E-state index in [-0.39, 0.29) is 5.91 Å². The Morgan fingerprint density at radius 2 is 1.95 bits per heavy atom. The molecule has 7 nitrogen and oxygen atoms in total. The van der Waals surface area contributed by atoms with Crippen LogP contribution in [0.15, 0.2) is 24.3 Å². The van der Waals surface area contributed by atoms with Crippen molar-refractivity contribution in [2.75, 3.05) is 13.7 Å². The van der Waals surface area contributed by atoms with Crippen LogP contribution in [0.3, 0.4) is 0 Å². The molecule has 0 saturated carbocycles. The molecule has 0 unspecified atom stereocenters. The molecule has 7 heteroatoms. The first-order chi connectivity index (χ1) is 9.99. The molecule has 0 aliphatic carbocycles. The molecule has 0 bridgehead atoms. The second-order valence-corrected chi connectivity index (χ2v) is 4.95. The zero-order valence-electron chi connectivity index (χ0n) is 11.5. The van der Waals surface area contributed by atoms with Gasteiger partial charge in [-0.1, -0.05) is 12.1 Å². The highest BCUT2D eigenvalue weighted by Crippen LogP contribution is 2.32. The van der Waals surface area contributed by atoms with Gasteiger partial charge in [0.1, 0.15) is 30.5 Å². The number of hydrogen-bond acceptors (Lipinski definition) is 6. The predicted molar refractivity (Wildman–Crippen MR) is 72.6 cm³/mol. The lowest BCUT2D eigenvalue weighted by atomic mass is 9.90. The molecule has 1 fully saturated rings. The number of nitrogens with one attached hydrogen (secondary N) is 1. The Labute approximate surface area is 121 Å². The summed E-state index contributed by atoms with van der Waals surface area (Å²) in [5, 5.41) is 41.2. The number of aliphatic hydroxyl groups is 4. The van der Waals surface area contributed by atoms with Gasteiger partial charge in [0.05, 0.1) is 6.61 Å². The van der Waals surface area contributed by atoms with Crippen molar-refractivity contribution in [3.63, 3.8) is 0 Å². The first-order valence-electron chi connectivity index (χ1n) is 6.62. The second-order valence-electron chi connectivity index (χ2n) is 4.95. The third kappa shape index (κ3) is 3.07. The highest BCUT2D eigenvalue weighted by atomic mass is 16.5. The van der Waals surface area contributed by atoms with Gasteiger partial charge < -0.3 is 30.5 Å². The molecule has 0 radical (unpaired) electrons. The lowest BCUT2D eigenvalue weighted by molar-refractivity contribution is -0.231. The van der Waals surface area contributed by atoms with Crippen molar-refractivity contribution in [2.45, 2.75) is 30.5 Å². The summed E-state index contributed by atoms with van der Waals surface area (Å²) in [7, 11) is 1.50. The molecule has 1 aliphatic rings. The van der Waals surface area contributed by atoms with E-state index in [2.05, 4.69) is 5.32 Å². The predicted octanol–water partition coefficient (Wildman–Crippen LogP) is -1.44. The van der Waals surface area contributed by atoms with Gasteiger partial charge in [0.15, 0.2) is 0 Å². The minimum Gasteiger partial charge on any atom is -0.394 e. The van der Waals surface area contributed by atoms with Gasteiger partial charge in [-0.15, -0.1) is 0 Å². The molecule has 1 amide bonds. The van der Waals surface area contributed by atoms with Gasteiger partial charge in [-0.2, -0.15) is 0 Å². The van der Waals surface area contributed by atoms with Crippen molar-refractivity contribution in [3.05, 3.63) is 35.4 Å². The molecule has 1 aromatic carbocycles. The maximum atomic E-state index is 11.6. The molecule has 5 N–H and O–H groups in total. The summed E-state index contributed by atoms with van der Waals surface area (Å²) in [6, 6.07) is 6.40. The van der Waals surface area contributed by atoms with Crippen LogP contribution in [-0.2, 0) is 4.74 Å². The molecular weight excluding hydrogens is 278 g/mol. The zero-order valence-corrected chi connectivity index (χ0v) is 11.5. The van der Waals surface area contributed by atoms with Gasteiger partial charge >= 0.3 is 0 Å². The Bertz CT molecular complexity index is 506. The van der Waals surface area contributed by atoms with Crippen molar-refractivity contribution < 1.29 is 30.0 Å². The zero-order chi connectivity index (χ0) is 15.6. The number of benzene rings is 1. The van der Waals surface area contributed by atoms with Crippen molar-refractivity contribution in [1.29, 1.82) is 0 Å². The van der Waals surface area contributed by atoms with E-state index < -0.39 is 37.1 Å². The average molecular weight is 297 g/mol. The Balaban J connectivity index is 2.29. The summed E-state index contributed by atoms with van der Waals surface area (Å²) >= 11 is 0. The number of carbonyl (C=O) groups excluding carboxylic acids is 1. The van der Waals surface area contributed by atoms with E-state index in [0.29, 0.717) is 11.1 Å². The fraction of sp³-hybridized carbons (Fsp3) is 0.500. The van der Waals surface area contributed by atoms with E-state index in [1.54, 1.807) is 18.2 Å². The third-order valence-electron chi connectivity index (χ3n) is 3.60. The van der Waals surface area contributed by atoms with E-state index in [1.807, 2.05) is 0 Å². The van der Waals surface area contributed by atoms with Gasteiger partial charge in [-0.25, -0.2) is 0 Å². The van der Waals surface area contributed by atoms with E-state index in [1.165, 1.54) is 13.1 Å². The topological polar surface area (TPSA) is 119 Å². The maximum absolute atomic E-state index is 11.6. The summed E-state index contributed by atoms with van der Waals surface area (Å²) in [6.07, 6.45) is -6.11. The molecule has 1 aliphatic heterocycles. The highest BCUT2D eigenvalue weighted by molar-refractivity contribution is 5.94. The molecule has 1 heterocycles. The average Bonchev–Trinajstić information content (AvgIpc) is 2.52. The number of rotatable bonds is 3. The lowest BCUT2D eigenvalue weighted by Crippen LogP contribution is -2.55. The Hall–Kier alpha value is -1.51. The van der Waals surface area contributed by atoms with Crippen LogP contribution in [0.1, 0.15) is 22.0 Å². The van der Waals surface area contributed by atoms with Crippen molar-refractivity contribution in [2.24, 2.45) is 0 Å². The summed E-state index contributed by atoms with van der Waals surface area (Å²) in [4.78, 5) is 11.6. The Morgan fingerprint density at radius 3 is 2.57 bits per heavy atom. The van der Waals surface area contributed by atoms with Crippen LogP contribution in [0.2, 0.25) is 0 Å².